The van der Waals surface area contributed by atoms with Crippen LogP contribution in [0.5, 0.6) is 0 Å². The van der Waals surface area contributed by atoms with Crippen molar-refractivity contribution in [2.45, 2.75) is 441 Å². The third kappa shape index (κ3) is 50.2. The van der Waals surface area contributed by atoms with E-state index in [9.17, 15) is 40.5 Å². The second-order valence-corrected chi connectivity index (χ2v) is 26.7. The number of amides is 1. The summed E-state index contributed by atoms with van der Waals surface area (Å²) in [6.07, 6.45) is 67.5. The fourth-order valence-electron chi connectivity index (χ4n) is 12.6. The van der Waals surface area contributed by atoms with Crippen molar-refractivity contribution in [2.75, 3.05) is 13.2 Å². The zero-order chi connectivity index (χ0) is 61.7. The molecule has 0 saturated carbocycles. The Hall–Kier alpha value is -1.15. The number of carbonyl (C=O) groups is 1. The summed E-state index contributed by atoms with van der Waals surface area (Å²) >= 11 is 0. The molecule has 0 spiro atoms. The van der Waals surface area contributed by atoms with Crippen LogP contribution in [0.3, 0.4) is 0 Å². The Morgan fingerprint density at radius 2 is 0.694 bits per heavy atom. The molecule has 0 aromatic rings. The molecule has 1 aliphatic rings. The van der Waals surface area contributed by atoms with Crippen molar-refractivity contribution < 1.29 is 50.0 Å². The molecule has 9 atom stereocenters. The van der Waals surface area contributed by atoms with Crippen molar-refractivity contribution in [3.8, 4) is 0 Å². The van der Waals surface area contributed by atoms with Gasteiger partial charge in [0.25, 0.3) is 0 Å². The average Bonchev–Trinajstić information content (AvgIpc) is 3.51. The molecule has 506 valence electrons. The Labute approximate surface area is 525 Å². The predicted octanol–water partition coefficient (Wildman–Crippen LogP) is 18.6. The van der Waals surface area contributed by atoms with E-state index in [-0.39, 0.29) is 12.8 Å². The minimum atomic E-state index is -1.67. The first-order valence-corrected chi connectivity index (χ1v) is 37.6. The van der Waals surface area contributed by atoms with E-state index in [1.165, 1.54) is 315 Å². The number of aliphatic hydroxyl groups excluding tert-OH is 7. The Morgan fingerprint density at radius 1 is 0.400 bits per heavy atom. The Kier molecular flexibility index (Phi) is 60.7. The summed E-state index contributed by atoms with van der Waals surface area (Å²) in [5.41, 5.74) is 0. The second kappa shape index (κ2) is 63.0. The zero-order valence-electron chi connectivity index (χ0n) is 56.1. The first-order chi connectivity index (χ1) is 41.7. The van der Waals surface area contributed by atoms with Crippen LogP contribution in [0.1, 0.15) is 386 Å². The fourth-order valence-corrected chi connectivity index (χ4v) is 12.6. The molecule has 0 bridgehead atoms. The number of aliphatic hydroxyl groups is 7. The molecule has 1 saturated heterocycles. The van der Waals surface area contributed by atoms with Gasteiger partial charge < -0.3 is 50.5 Å². The van der Waals surface area contributed by atoms with Crippen molar-refractivity contribution in [2.24, 2.45) is 0 Å². The van der Waals surface area contributed by atoms with Crippen molar-refractivity contribution in [1.29, 1.82) is 0 Å². The van der Waals surface area contributed by atoms with E-state index < -0.39 is 74.2 Å². The van der Waals surface area contributed by atoms with E-state index >= 15 is 0 Å². The number of rotatable bonds is 67. The normalized spacial score (nSPS) is 18.8. The summed E-state index contributed by atoms with van der Waals surface area (Å²) in [5.74, 6) is -0.697. The van der Waals surface area contributed by atoms with E-state index in [1.54, 1.807) is 0 Å². The van der Waals surface area contributed by atoms with Crippen LogP contribution in [0, 0.1) is 0 Å². The highest BCUT2D eigenvalue weighted by molar-refractivity contribution is 5.80. The van der Waals surface area contributed by atoms with Crippen molar-refractivity contribution in [1.82, 2.24) is 5.32 Å². The summed E-state index contributed by atoms with van der Waals surface area (Å²) in [4.78, 5) is 13.3. The summed E-state index contributed by atoms with van der Waals surface area (Å²) in [5, 5.41) is 76.6. The number of unbranched alkanes of at least 4 members (excludes halogenated alkanes) is 53. The highest BCUT2D eigenvalue weighted by Crippen LogP contribution is 2.24. The number of hydrogen-bond acceptors (Lipinski definition) is 10. The van der Waals surface area contributed by atoms with E-state index in [4.69, 9.17) is 9.47 Å². The molecule has 1 fully saturated rings. The summed E-state index contributed by atoms with van der Waals surface area (Å²) in [6.45, 7) is 3.52. The van der Waals surface area contributed by atoms with Crippen LogP contribution in [0.4, 0.5) is 0 Å². The van der Waals surface area contributed by atoms with Crippen LogP contribution in [0.15, 0.2) is 12.2 Å². The summed E-state index contributed by atoms with van der Waals surface area (Å²) in [7, 11) is 0. The van der Waals surface area contributed by atoms with Gasteiger partial charge in [-0.25, -0.2) is 0 Å². The minimum Gasteiger partial charge on any atom is -0.394 e. The molecule has 11 nitrogen and oxygen atoms in total. The Balaban J connectivity index is 2.17. The molecular formula is C74H145NO10. The summed E-state index contributed by atoms with van der Waals surface area (Å²) < 4.78 is 11.2. The van der Waals surface area contributed by atoms with E-state index in [1.807, 2.05) is 0 Å². The monoisotopic (exact) mass is 1210 g/mol. The van der Waals surface area contributed by atoms with Crippen LogP contribution in [-0.2, 0) is 14.3 Å². The number of hydrogen-bond donors (Lipinski definition) is 8. The average molecular weight is 1210 g/mol. The van der Waals surface area contributed by atoms with Crippen molar-refractivity contribution in [3.05, 3.63) is 12.2 Å². The first kappa shape index (κ1) is 81.9. The van der Waals surface area contributed by atoms with Crippen LogP contribution >= 0.6 is 0 Å². The van der Waals surface area contributed by atoms with Gasteiger partial charge in [0.2, 0.25) is 5.91 Å². The minimum absolute atomic E-state index is 0.260. The molecule has 11 heteroatoms. The zero-order valence-corrected chi connectivity index (χ0v) is 56.1. The van der Waals surface area contributed by atoms with Gasteiger partial charge in [-0.1, -0.05) is 360 Å². The predicted molar refractivity (Wildman–Crippen MR) is 358 cm³/mol. The van der Waals surface area contributed by atoms with Crippen molar-refractivity contribution in [3.63, 3.8) is 0 Å². The molecule has 85 heavy (non-hydrogen) atoms. The molecule has 0 aliphatic carbocycles. The molecule has 1 rings (SSSR count). The van der Waals surface area contributed by atoms with Gasteiger partial charge in [-0.3, -0.25) is 4.79 Å². The first-order valence-electron chi connectivity index (χ1n) is 37.6. The van der Waals surface area contributed by atoms with Crippen LogP contribution in [0.25, 0.3) is 0 Å². The highest BCUT2D eigenvalue weighted by Gasteiger charge is 2.44. The smallest absolute Gasteiger partial charge is 0.249 e. The third-order valence-electron chi connectivity index (χ3n) is 18.6. The lowest BCUT2D eigenvalue weighted by molar-refractivity contribution is -0.303. The maximum absolute atomic E-state index is 13.3. The molecule has 1 amide bonds. The summed E-state index contributed by atoms with van der Waals surface area (Å²) in [6, 6.07) is -1.18. The topological polar surface area (TPSA) is 189 Å². The van der Waals surface area contributed by atoms with Gasteiger partial charge in [0, 0.05) is 0 Å². The van der Waals surface area contributed by atoms with Gasteiger partial charge in [-0.2, -0.15) is 0 Å². The molecular weight excluding hydrogens is 1060 g/mol. The third-order valence-corrected chi connectivity index (χ3v) is 18.6. The van der Waals surface area contributed by atoms with E-state index in [0.29, 0.717) is 12.8 Å². The molecule has 0 aromatic heterocycles. The van der Waals surface area contributed by atoms with E-state index in [0.717, 1.165) is 32.1 Å². The Bertz CT molecular complexity index is 1390. The number of carbonyl (C=O) groups excluding carboxylic acids is 1. The standard InChI is InChI=1S/C74H145NO10/c1-3-5-7-9-11-13-15-17-19-21-23-25-27-29-31-32-33-34-35-36-38-39-41-43-45-47-49-51-53-55-57-59-61-66(77)69(79)65(64-84-74-72(82)71(81)70(80)68(63-76)85-74)75-73(83)67(78)62-60-58-56-54-52-50-48-46-44-42-40-37-30-28-26-24-22-20-18-16-14-12-10-8-6-4-2/h53,55,65-72,74,76-82H,3-52,54,56-64H2,1-2H3,(H,75,83)/b55-53+. The maximum atomic E-state index is 13.3. The molecule has 8 N–H and O–H groups in total. The van der Waals surface area contributed by atoms with Gasteiger partial charge >= 0.3 is 0 Å². The van der Waals surface area contributed by atoms with Crippen LogP contribution in [-0.4, -0.2) is 110 Å². The number of nitrogens with one attached hydrogen (secondary N) is 1. The van der Waals surface area contributed by atoms with Gasteiger partial charge in [-0.05, 0) is 38.5 Å². The Morgan fingerprint density at radius 3 is 1.01 bits per heavy atom. The molecule has 1 aliphatic heterocycles. The molecule has 9 unspecified atom stereocenters. The van der Waals surface area contributed by atoms with Gasteiger partial charge in [0.15, 0.2) is 6.29 Å². The number of allylic oxidation sites excluding steroid dienone is 2. The van der Waals surface area contributed by atoms with Crippen LogP contribution < -0.4 is 5.32 Å². The lowest BCUT2D eigenvalue weighted by Gasteiger charge is -2.40. The lowest BCUT2D eigenvalue weighted by atomic mass is 9.98. The molecule has 0 aromatic carbocycles. The van der Waals surface area contributed by atoms with Crippen molar-refractivity contribution >= 4 is 5.91 Å². The molecule has 1 heterocycles. The van der Waals surface area contributed by atoms with Gasteiger partial charge in [0.1, 0.15) is 36.6 Å². The highest BCUT2D eigenvalue weighted by atomic mass is 16.7. The van der Waals surface area contributed by atoms with Gasteiger partial charge in [0.05, 0.1) is 25.4 Å². The molecule has 0 radical (unpaired) electrons. The van der Waals surface area contributed by atoms with E-state index in [2.05, 4.69) is 31.3 Å². The SMILES string of the molecule is CCCCCCCCCCCCCCCCCCCCCCCCCCCCC/C=C/CCCC(O)C(O)C(COC1OC(CO)C(O)C(O)C1O)NC(=O)C(O)CCCCCCCCCCCCCCCCCCCCCCCCCCCC. The maximum Gasteiger partial charge on any atom is 0.249 e. The lowest BCUT2D eigenvalue weighted by Crippen LogP contribution is -2.60. The second-order valence-electron chi connectivity index (χ2n) is 26.7. The fraction of sp³-hybridized carbons (Fsp3) is 0.959. The largest absolute Gasteiger partial charge is 0.394 e. The van der Waals surface area contributed by atoms with Crippen LogP contribution in [0.2, 0.25) is 0 Å². The number of ether oxygens (including phenoxy) is 2. The van der Waals surface area contributed by atoms with Gasteiger partial charge in [-0.15, -0.1) is 0 Å². The quantitative estimate of drug-likeness (QED) is 0.0215.